The van der Waals surface area contributed by atoms with Crippen LogP contribution in [0.3, 0.4) is 0 Å². The molecule has 0 radical (unpaired) electrons. The number of nitrogens with one attached hydrogen (secondary N) is 1. The first-order valence-corrected chi connectivity index (χ1v) is 7.09. The van der Waals surface area contributed by atoms with Gasteiger partial charge in [-0.05, 0) is 24.6 Å². The van der Waals surface area contributed by atoms with Crippen molar-refractivity contribution in [3.63, 3.8) is 0 Å². The van der Waals surface area contributed by atoms with Crippen LogP contribution in [0.4, 0.5) is 0 Å². The standard InChI is InChI=1S/C14H14Cl2N4/c1-8-13(14(16)20(2)19-8)12-7-11(17-18-12)9-3-5-10(15)6-4-9/h3-6,12,18H,7H2,1-2H3. The van der Waals surface area contributed by atoms with Gasteiger partial charge in [0, 0.05) is 24.1 Å². The molecule has 0 spiro atoms. The quantitative estimate of drug-likeness (QED) is 0.923. The Morgan fingerprint density at radius 2 is 1.95 bits per heavy atom. The lowest BCUT2D eigenvalue weighted by molar-refractivity contribution is 0.616. The molecule has 1 aliphatic heterocycles. The molecule has 20 heavy (non-hydrogen) atoms. The molecule has 0 amide bonds. The van der Waals surface area contributed by atoms with Crippen LogP contribution in [-0.4, -0.2) is 15.5 Å². The van der Waals surface area contributed by atoms with Gasteiger partial charge in [-0.3, -0.25) is 4.68 Å². The molecule has 1 unspecified atom stereocenters. The number of rotatable bonds is 2. The summed E-state index contributed by atoms with van der Waals surface area (Å²) >= 11 is 12.2. The maximum Gasteiger partial charge on any atom is 0.132 e. The smallest absolute Gasteiger partial charge is 0.132 e. The van der Waals surface area contributed by atoms with Gasteiger partial charge >= 0.3 is 0 Å². The van der Waals surface area contributed by atoms with Gasteiger partial charge in [0.15, 0.2) is 0 Å². The highest BCUT2D eigenvalue weighted by Crippen LogP contribution is 2.31. The van der Waals surface area contributed by atoms with Crippen LogP contribution in [0, 0.1) is 6.92 Å². The average molecular weight is 309 g/mol. The number of halogens is 2. The highest BCUT2D eigenvalue weighted by molar-refractivity contribution is 6.31. The van der Waals surface area contributed by atoms with E-state index in [1.54, 1.807) is 4.68 Å². The summed E-state index contributed by atoms with van der Waals surface area (Å²) < 4.78 is 1.69. The third-order valence-electron chi connectivity index (χ3n) is 3.47. The van der Waals surface area contributed by atoms with E-state index >= 15 is 0 Å². The van der Waals surface area contributed by atoms with Gasteiger partial charge in [-0.1, -0.05) is 35.3 Å². The zero-order valence-electron chi connectivity index (χ0n) is 11.2. The molecule has 4 nitrogen and oxygen atoms in total. The fraction of sp³-hybridized carbons (Fsp3) is 0.286. The fourth-order valence-electron chi connectivity index (χ4n) is 2.47. The zero-order valence-corrected chi connectivity index (χ0v) is 12.7. The van der Waals surface area contributed by atoms with E-state index in [9.17, 15) is 0 Å². The lowest BCUT2D eigenvalue weighted by Gasteiger charge is -2.09. The van der Waals surface area contributed by atoms with Crippen molar-refractivity contribution in [2.45, 2.75) is 19.4 Å². The monoisotopic (exact) mass is 308 g/mol. The largest absolute Gasteiger partial charge is 0.302 e. The van der Waals surface area contributed by atoms with E-state index in [-0.39, 0.29) is 6.04 Å². The Hall–Kier alpha value is -1.52. The number of hydrogen-bond acceptors (Lipinski definition) is 3. The summed E-state index contributed by atoms with van der Waals surface area (Å²) in [7, 11) is 1.84. The SMILES string of the molecule is Cc1nn(C)c(Cl)c1C1CC(c2ccc(Cl)cc2)=NN1. The van der Waals surface area contributed by atoms with Crippen molar-refractivity contribution in [2.24, 2.45) is 12.1 Å². The van der Waals surface area contributed by atoms with Crippen molar-refractivity contribution in [1.82, 2.24) is 15.2 Å². The molecule has 0 aliphatic carbocycles. The number of nitrogens with zero attached hydrogens (tertiary/aromatic N) is 3. The molecule has 2 heterocycles. The van der Waals surface area contributed by atoms with Crippen molar-refractivity contribution < 1.29 is 0 Å². The van der Waals surface area contributed by atoms with E-state index in [2.05, 4.69) is 15.6 Å². The summed E-state index contributed by atoms with van der Waals surface area (Å²) in [6, 6.07) is 7.76. The Kier molecular flexibility index (Phi) is 3.44. The molecule has 1 aromatic heterocycles. The highest BCUT2D eigenvalue weighted by atomic mass is 35.5. The van der Waals surface area contributed by atoms with E-state index in [1.807, 2.05) is 38.2 Å². The van der Waals surface area contributed by atoms with Crippen LogP contribution in [0.15, 0.2) is 29.4 Å². The Morgan fingerprint density at radius 3 is 2.55 bits per heavy atom. The van der Waals surface area contributed by atoms with Gasteiger partial charge in [-0.2, -0.15) is 10.2 Å². The molecule has 0 fully saturated rings. The summed E-state index contributed by atoms with van der Waals surface area (Å²) in [5.74, 6) is 0. The predicted octanol–water partition coefficient (Wildman–Crippen LogP) is 3.47. The molecule has 104 valence electrons. The summed E-state index contributed by atoms with van der Waals surface area (Å²) in [6.45, 7) is 1.96. The van der Waals surface area contributed by atoms with E-state index in [4.69, 9.17) is 23.2 Å². The second-order valence-corrected chi connectivity index (χ2v) is 5.66. The number of aryl methyl sites for hydroxylation is 2. The minimum Gasteiger partial charge on any atom is -0.302 e. The summed E-state index contributed by atoms with van der Waals surface area (Å²) in [5, 5.41) is 10.1. The number of hydrogen-bond donors (Lipinski definition) is 1. The number of aromatic nitrogens is 2. The second kappa shape index (κ2) is 5.11. The normalized spacial score (nSPS) is 18.0. The maximum atomic E-state index is 6.30. The van der Waals surface area contributed by atoms with Gasteiger partial charge in [0.1, 0.15) is 5.15 Å². The molecule has 0 saturated carbocycles. The van der Waals surface area contributed by atoms with Crippen LogP contribution in [-0.2, 0) is 7.05 Å². The molecule has 1 aromatic carbocycles. The molecule has 1 N–H and O–H groups in total. The predicted molar refractivity (Wildman–Crippen MR) is 81.4 cm³/mol. The van der Waals surface area contributed by atoms with E-state index in [0.29, 0.717) is 5.15 Å². The first-order chi connectivity index (χ1) is 9.56. The van der Waals surface area contributed by atoms with Gasteiger partial charge < -0.3 is 5.43 Å². The van der Waals surface area contributed by atoms with Gasteiger partial charge in [-0.25, -0.2) is 0 Å². The highest BCUT2D eigenvalue weighted by Gasteiger charge is 2.27. The van der Waals surface area contributed by atoms with E-state index < -0.39 is 0 Å². The van der Waals surface area contributed by atoms with Crippen LogP contribution in [0.5, 0.6) is 0 Å². The molecule has 0 saturated heterocycles. The number of benzene rings is 1. The third-order valence-corrected chi connectivity index (χ3v) is 4.18. The fourth-order valence-corrected chi connectivity index (χ4v) is 2.91. The Bertz CT molecular complexity index is 673. The minimum atomic E-state index is 0.0712. The molecule has 1 atom stereocenters. The molecule has 3 rings (SSSR count). The summed E-state index contributed by atoms with van der Waals surface area (Å²) in [5.41, 5.74) is 7.17. The van der Waals surface area contributed by atoms with E-state index in [1.165, 1.54) is 0 Å². The molecular formula is C14H14Cl2N4. The second-order valence-electron chi connectivity index (χ2n) is 4.86. The zero-order chi connectivity index (χ0) is 14.3. The van der Waals surface area contributed by atoms with Gasteiger partial charge in [0.25, 0.3) is 0 Å². The lowest BCUT2D eigenvalue weighted by Crippen LogP contribution is -2.11. The summed E-state index contributed by atoms with van der Waals surface area (Å²) in [4.78, 5) is 0. The molecule has 1 aliphatic rings. The van der Waals surface area contributed by atoms with Gasteiger partial charge in [0.2, 0.25) is 0 Å². The Morgan fingerprint density at radius 1 is 1.25 bits per heavy atom. The number of hydrazone groups is 1. The summed E-state index contributed by atoms with van der Waals surface area (Å²) in [6.07, 6.45) is 0.786. The third kappa shape index (κ3) is 2.30. The van der Waals surface area contributed by atoms with Gasteiger partial charge in [-0.15, -0.1) is 0 Å². The Balaban J connectivity index is 1.84. The van der Waals surface area contributed by atoms with Gasteiger partial charge in [0.05, 0.1) is 17.4 Å². The Labute approximate surface area is 127 Å². The molecule has 2 aromatic rings. The van der Waals surface area contributed by atoms with Crippen LogP contribution < -0.4 is 5.43 Å². The van der Waals surface area contributed by atoms with Crippen molar-refractivity contribution in [2.75, 3.05) is 0 Å². The maximum absolute atomic E-state index is 6.30. The minimum absolute atomic E-state index is 0.0712. The van der Waals surface area contributed by atoms with Crippen LogP contribution in [0.2, 0.25) is 10.2 Å². The van der Waals surface area contributed by atoms with E-state index in [0.717, 1.165) is 34.0 Å². The van der Waals surface area contributed by atoms with Crippen molar-refractivity contribution >= 4 is 28.9 Å². The first kappa shape index (κ1) is 13.5. The van der Waals surface area contributed by atoms with Crippen molar-refractivity contribution in [3.05, 3.63) is 51.3 Å². The van der Waals surface area contributed by atoms with Crippen molar-refractivity contribution in [3.8, 4) is 0 Å². The van der Waals surface area contributed by atoms with Crippen molar-refractivity contribution in [1.29, 1.82) is 0 Å². The molecule has 6 heteroatoms. The lowest BCUT2D eigenvalue weighted by atomic mass is 10.00. The average Bonchev–Trinajstić information content (AvgIpc) is 2.97. The molecular weight excluding hydrogens is 295 g/mol. The first-order valence-electron chi connectivity index (χ1n) is 6.33. The molecule has 0 bridgehead atoms. The van der Waals surface area contributed by atoms with Crippen LogP contribution in [0.25, 0.3) is 0 Å². The topological polar surface area (TPSA) is 42.2 Å². The van der Waals surface area contributed by atoms with Crippen LogP contribution in [0.1, 0.15) is 29.3 Å². The van der Waals surface area contributed by atoms with Crippen LogP contribution >= 0.6 is 23.2 Å².